The summed E-state index contributed by atoms with van der Waals surface area (Å²) in [5.41, 5.74) is 10.3. The van der Waals surface area contributed by atoms with Crippen LogP contribution in [0.2, 0.25) is 0 Å². The van der Waals surface area contributed by atoms with Crippen LogP contribution in [0.25, 0.3) is 11.3 Å². The molecule has 1 fully saturated rings. The summed E-state index contributed by atoms with van der Waals surface area (Å²) in [6.07, 6.45) is 4.43. The third-order valence-corrected chi connectivity index (χ3v) is 6.88. The van der Waals surface area contributed by atoms with E-state index in [1.165, 1.54) is 0 Å². The van der Waals surface area contributed by atoms with Gasteiger partial charge in [0.1, 0.15) is 11.9 Å². The molecule has 6 bridgehead atoms. The van der Waals surface area contributed by atoms with E-state index in [0.717, 1.165) is 48.4 Å². The lowest BCUT2D eigenvalue weighted by Crippen LogP contribution is -2.34. The van der Waals surface area contributed by atoms with Gasteiger partial charge in [0.2, 0.25) is 5.95 Å². The highest BCUT2D eigenvalue weighted by molar-refractivity contribution is 5.96. The van der Waals surface area contributed by atoms with Gasteiger partial charge < -0.3 is 30.6 Å². The van der Waals surface area contributed by atoms with Gasteiger partial charge in [-0.25, -0.2) is 9.97 Å². The molecule has 9 heteroatoms. The molecule has 1 atom stereocenters. The van der Waals surface area contributed by atoms with Crippen LogP contribution in [0.5, 0.6) is 5.75 Å². The molecular formula is C29H35N5O4. The monoisotopic (exact) mass is 517 g/mol. The summed E-state index contributed by atoms with van der Waals surface area (Å²) >= 11 is 0. The smallest absolute Gasteiger partial charge is 0.251 e. The third-order valence-electron chi connectivity index (χ3n) is 6.88. The van der Waals surface area contributed by atoms with Gasteiger partial charge in [0, 0.05) is 54.0 Å². The Morgan fingerprint density at radius 2 is 2.00 bits per heavy atom. The number of nitrogens with two attached hydrogens (primary N) is 1. The zero-order valence-corrected chi connectivity index (χ0v) is 22.0. The molecule has 1 amide bonds. The van der Waals surface area contributed by atoms with E-state index in [0.29, 0.717) is 49.3 Å². The molecule has 3 aromatic rings. The average molecular weight is 518 g/mol. The summed E-state index contributed by atoms with van der Waals surface area (Å²) in [7, 11) is 0. The Balaban J connectivity index is 1.46. The minimum atomic E-state index is -0.162. The number of aromatic nitrogens is 2. The second kappa shape index (κ2) is 11.4. The van der Waals surface area contributed by atoms with E-state index in [4.69, 9.17) is 19.9 Å². The van der Waals surface area contributed by atoms with Crippen LogP contribution >= 0.6 is 0 Å². The predicted molar refractivity (Wildman–Crippen MR) is 146 cm³/mol. The minimum Gasteiger partial charge on any atom is -0.488 e. The first kappa shape index (κ1) is 25.9. The third kappa shape index (κ3) is 6.41. The maximum Gasteiger partial charge on any atom is 0.251 e. The zero-order chi connectivity index (χ0) is 26.5. The Bertz CT molecular complexity index is 1290. The molecule has 2 aromatic carbocycles. The van der Waals surface area contributed by atoms with E-state index in [9.17, 15) is 4.79 Å². The Morgan fingerprint density at radius 1 is 1.11 bits per heavy atom. The topological polar surface area (TPSA) is 121 Å². The molecule has 3 aliphatic heterocycles. The number of benzene rings is 2. The molecule has 0 saturated carbocycles. The van der Waals surface area contributed by atoms with E-state index in [1.54, 1.807) is 24.4 Å². The van der Waals surface area contributed by atoms with Crippen molar-refractivity contribution in [2.24, 2.45) is 5.41 Å². The van der Waals surface area contributed by atoms with Gasteiger partial charge in [0.15, 0.2) is 0 Å². The van der Waals surface area contributed by atoms with Gasteiger partial charge in [-0.2, -0.15) is 0 Å². The highest BCUT2D eigenvalue weighted by atomic mass is 16.5. The number of hydrogen-bond acceptors (Lipinski definition) is 8. The van der Waals surface area contributed by atoms with Crippen molar-refractivity contribution in [1.29, 1.82) is 0 Å². The van der Waals surface area contributed by atoms with Crippen LogP contribution in [0.3, 0.4) is 0 Å². The largest absolute Gasteiger partial charge is 0.488 e. The fraction of sp³-hybridized carbons (Fsp3) is 0.414. The summed E-state index contributed by atoms with van der Waals surface area (Å²) < 4.78 is 18.0. The first-order chi connectivity index (χ1) is 18.4. The molecular weight excluding hydrogens is 482 g/mol. The van der Waals surface area contributed by atoms with Crippen LogP contribution in [0, 0.1) is 5.41 Å². The predicted octanol–water partition coefficient (Wildman–Crippen LogP) is 4.70. The lowest BCUT2D eigenvalue weighted by atomic mass is 9.89. The second-order valence-electron chi connectivity index (χ2n) is 10.6. The number of anilines is 3. The van der Waals surface area contributed by atoms with Crippen molar-refractivity contribution in [2.75, 3.05) is 37.4 Å². The highest BCUT2D eigenvalue weighted by Crippen LogP contribution is 2.30. The van der Waals surface area contributed by atoms with Crippen LogP contribution in [0.15, 0.2) is 48.7 Å². The summed E-state index contributed by atoms with van der Waals surface area (Å²) in [6.45, 7) is 7.05. The molecule has 4 heterocycles. The number of rotatable bonds is 2. The molecule has 3 aliphatic rings. The summed E-state index contributed by atoms with van der Waals surface area (Å²) in [4.78, 5) is 21.9. The standard InChI is InChI=1S/C29H35N5O4/c1-29(2)10-13-37-16-20-14-21(6-8-26(20)38-22-4-3-12-36-17-22)33-28-31-11-9-25(34-28)23-7-5-19(15-24(23)30)27(35)32-18-29/h5-9,11,14-15,22H,3-4,10,12-13,16-18,30H2,1-2H3,(H,32,35)(H,31,33,34). The van der Waals surface area contributed by atoms with Crippen molar-refractivity contribution < 1.29 is 19.0 Å². The van der Waals surface area contributed by atoms with Crippen LogP contribution < -0.4 is 21.1 Å². The van der Waals surface area contributed by atoms with E-state index >= 15 is 0 Å². The Morgan fingerprint density at radius 3 is 2.82 bits per heavy atom. The lowest BCUT2D eigenvalue weighted by molar-refractivity contribution is 0.00585. The van der Waals surface area contributed by atoms with E-state index in [-0.39, 0.29) is 17.4 Å². The Labute approximate surface area is 223 Å². The fourth-order valence-electron chi connectivity index (χ4n) is 4.54. The molecule has 38 heavy (non-hydrogen) atoms. The number of nitrogens with one attached hydrogen (secondary N) is 2. The minimum absolute atomic E-state index is 0.0232. The van der Waals surface area contributed by atoms with E-state index < -0.39 is 0 Å². The molecule has 1 unspecified atom stereocenters. The molecule has 0 radical (unpaired) electrons. The number of fused-ring (bicyclic) bond motifs is 9. The molecule has 9 nitrogen and oxygen atoms in total. The number of nitrogen functional groups attached to an aromatic ring is 1. The van der Waals surface area contributed by atoms with Gasteiger partial charge in [0.05, 0.1) is 18.9 Å². The lowest BCUT2D eigenvalue weighted by Gasteiger charge is -2.26. The van der Waals surface area contributed by atoms with E-state index in [1.807, 2.05) is 24.3 Å². The van der Waals surface area contributed by atoms with Crippen molar-refractivity contribution in [1.82, 2.24) is 15.3 Å². The van der Waals surface area contributed by atoms with Gasteiger partial charge >= 0.3 is 0 Å². The second-order valence-corrected chi connectivity index (χ2v) is 10.6. The zero-order valence-electron chi connectivity index (χ0n) is 22.0. The van der Waals surface area contributed by atoms with Gasteiger partial charge in [0.25, 0.3) is 5.91 Å². The maximum absolute atomic E-state index is 12.8. The van der Waals surface area contributed by atoms with Crippen molar-refractivity contribution in [2.45, 2.75) is 45.8 Å². The molecule has 4 N–H and O–H groups in total. The molecule has 0 spiro atoms. The SMILES string of the molecule is CC1(C)CCOCc2cc(ccc2OC2CCCOC2)Nc2nccc(n2)-c2ccc(cc2N)C(=O)NC1. The van der Waals surface area contributed by atoms with Gasteiger partial charge in [-0.3, -0.25) is 4.79 Å². The Hall–Kier alpha value is -3.69. The average Bonchev–Trinajstić information content (AvgIpc) is 2.91. The van der Waals surface area contributed by atoms with Gasteiger partial charge in [-0.05, 0) is 67.1 Å². The number of amides is 1. The van der Waals surface area contributed by atoms with Gasteiger partial charge in [-0.15, -0.1) is 0 Å². The quantitative estimate of drug-likeness (QED) is 0.418. The number of hydrogen-bond donors (Lipinski definition) is 3. The summed E-state index contributed by atoms with van der Waals surface area (Å²) in [5, 5.41) is 6.33. The maximum atomic E-state index is 12.8. The van der Waals surface area contributed by atoms with Crippen LogP contribution in [-0.4, -0.2) is 48.3 Å². The highest BCUT2D eigenvalue weighted by Gasteiger charge is 2.21. The van der Waals surface area contributed by atoms with Crippen molar-refractivity contribution in [3.63, 3.8) is 0 Å². The first-order valence-corrected chi connectivity index (χ1v) is 13.1. The first-order valence-electron chi connectivity index (χ1n) is 13.1. The van der Waals surface area contributed by atoms with Gasteiger partial charge in [-0.1, -0.05) is 13.8 Å². The molecule has 1 saturated heterocycles. The number of nitrogens with zero attached hydrogens (tertiary/aromatic N) is 2. The molecule has 200 valence electrons. The summed E-state index contributed by atoms with van der Waals surface area (Å²) in [6, 6.07) is 13.0. The van der Waals surface area contributed by atoms with Crippen LogP contribution in [0.1, 0.15) is 49.0 Å². The summed E-state index contributed by atoms with van der Waals surface area (Å²) in [5.74, 6) is 1.06. The van der Waals surface area contributed by atoms with Crippen LogP contribution in [0.4, 0.5) is 17.3 Å². The van der Waals surface area contributed by atoms with Crippen molar-refractivity contribution in [3.05, 3.63) is 59.8 Å². The molecule has 0 aliphatic carbocycles. The number of carbonyl (C=O) groups excluding carboxylic acids is 1. The molecule has 1 aromatic heterocycles. The normalized spacial score (nSPS) is 19.8. The molecule has 6 rings (SSSR count). The Kier molecular flexibility index (Phi) is 7.76. The van der Waals surface area contributed by atoms with Crippen molar-refractivity contribution >= 4 is 23.2 Å². The fourth-order valence-corrected chi connectivity index (χ4v) is 4.54. The number of ether oxygens (including phenoxy) is 3. The number of carbonyl (C=O) groups is 1. The van der Waals surface area contributed by atoms with E-state index in [2.05, 4.69) is 34.4 Å². The van der Waals surface area contributed by atoms with Crippen LogP contribution in [-0.2, 0) is 16.1 Å². The van der Waals surface area contributed by atoms with Crippen molar-refractivity contribution in [3.8, 4) is 17.0 Å².